The smallest absolute Gasteiger partial charge is 0.273 e. The summed E-state index contributed by atoms with van der Waals surface area (Å²) in [5.41, 5.74) is 0.412. The molecule has 1 aromatic rings. The number of nitrogens with zero attached hydrogens (tertiary/aromatic N) is 4. The van der Waals surface area contributed by atoms with Crippen molar-refractivity contribution >= 4 is 30.7 Å². The Balaban J connectivity index is 0.00000264. The van der Waals surface area contributed by atoms with Gasteiger partial charge < -0.3 is 15.5 Å². The van der Waals surface area contributed by atoms with Crippen LogP contribution in [0.25, 0.3) is 0 Å². The molecule has 0 aromatic carbocycles. The molecule has 140 valence electrons. The van der Waals surface area contributed by atoms with Gasteiger partial charge in [0.05, 0.1) is 12.2 Å². The van der Waals surface area contributed by atoms with Gasteiger partial charge in [0.2, 0.25) is 0 Å². The van der Waals surface area contributed by atoms with Crippen LogP contribution in [-0.4, -0.2) is 65.6 Å². The van der Waals surface area contributed by atoms with Crippen molar-refractivity contribution in [2.45, 2.75) is 38.6 Å². The van der Waals surface area contributed by atoms with Crippen LogP contribution in [-0.2, 0) is 0 Å². The SMILES string of the molecule is CCCCN(C)CCNC(=O)c1cn(C2CCNCC2)nn1.Cl.Cl. The monoisotopic (exact) mass is 380 g/mol. The molecule has 2 heterocycles. The zero-order valence-corrected chi connectivity index (χ0v) is 16.2. The second kappa shape index (κ2) is 12.5. The van der Waals surface area contributed by atoms with E-state index >= 15 is 0 Å². The van der Waals surface area contributed by atoms with Crippen LogP contribution in [0.2, 0.25) is 0 Å². The molecule has 7 nitrogen and oxygen atoms in total. The third-order valence-corrected chi connectivity index (χ3v) is 4.10. The van der Waals surface area contributed by atoms with E-state index in [4.69, 9.17) is 0 Å². The number of aromatic nitrogens is 3. The molecular formula is C15H30Cl2N6O. The van der Waals surface area contributed by atoms with Gasteiger partial charge in [0, 0.05) is 13.1 Å². The molecule has 2 rings (SSSR count). The first-order chi connectivity index (χ1) is 10.7. The molecule has 1 amide bonds. The van der Waals surface area contributed by atoms with Gasteiger partial charge in [0.1, 0.15) is 0 Å². The van der Waals surface area contributed by atoms with Crippen molar-refractivity contribution in [2.75, 3.05) is 39.8 Å². The van der Waals surface area contributed by atoms with Crippen molar-refractivity contribution in [3.05, 3.63) is 11.9 Å². The van der Waals surface area contributed by atoms with E-state index in [0.717, 1.165) is 39.0 Å². The van der Waals surface area contributed by atoms with Gasteiger partial charge in [-0.15, -0.1) is 29.9 Å². The quantitative estimate of drug-likeness (QED) is 0.714. The Hall–Kier alpha value is -0.890. The van der Waals surface area contributed by atoms with E-state index in [-0.39, 0.29) is 30.7 Å². The summed E-state index contributed by atoms with van der Waals surface area (Å²) in [4.78, 5) is 14.3. The predicted octanol–water partition coefficient (Wildman–Crippen LogP) is 1.51. The first kappa shape index (κ1) is 23.1. The predicted molar refractivity (Wildman–Crippen MR) is 100 cm³/mol. The highest BCUT2D eigenvalue weighted by molar-refractivity contribution is 5.91. The van der Waals surface area contributed by atoms with Crippen LogP contribution in [0.5, 0.6) is 0 Å². The molecule has 0 aliphatic carbocycles. The highest BCUT2D eigenvalue weighted by Crippen LogP contribution is 2.16. The minimum atomic E-state index is -0.135. The van der Waals surface area contributed by atoms with Gasteiger partial charge in [-0.2, -0.15) is 0 Å². The summed E-state index contributed by atoms with van der Waals surface area (Å²) in [6.45, 7) is 6.74. The van der Waals surface area contributed by atoms with Crippen LogP contribution in [0.4, 0.5) is 0 Å². The highest BCUT2D eigenvalue weighted by Gasteiger charge is 2.18. The minimum absolute atomic E-state index is 0. The summed E-state index contributed by atoms with van der Waals surface area (Å²) in [6, 6.07) is 0.357. The molecule has 24 heavy (non-hydrogen) atoms. The number of carbonyl (C=O) groups is 1. The summed E-state index contributed by atoms with van der Waals surface area (Å²) in [6.07, 6.45) is 6.22. The Morgan fingerprint density at radius 1 is 1.38 bits per heavy atom. The molecule has 9 heteroatoms. The molecule has 0 spiro atoms. The third-order valence-electron chi connectivity index (χ3n) is 4.10. The van der Waals surface area contributed by atoms with E-state index in [0.29, 0.717) is 18.3 Å². The van der Waals surface area contributed by atoms with Gasteiger partial charge in [-0.3, -0.25) is 4.79 Å². The van der Waals surface area contributed by atoms with E-state index < -0.39 is 0 Å². The first-order valence-corrected chi connectivity index (χ1v) is 8.30. The number of halogens is 2. The lowest BCUT2D eigenvalue weighted by Gasteiger charge is -2.22. The molecule has 2 N–H and O–H groups in total. The summed E-state index contributed by atoms with van der Waals surface area (Å²) in [7, 11) is 2.08. The summed E-state index contributed by atoms with van der Waals surface area (Å²) < 4.78 is 1.84. The number of piperidine rings is 1. The lowest BCUT2D eigenvalue weighted by Crippen LogP contribution is -2.33. The van der Waals surface area contributed by atoms with Crippen molar-refractivity contribution in [1.82, 2.24) is 30.5 Å². The van der Waals surface area contributed by atoms with Crippen LogP contribution in [0.1, 0.15) is 49.1 Å². The van der Waals surface area contributed by atoms with Gasteiger partial charge in [0.25, 0.3) is 5.91 Å². The maximum absolute atomic E-state index is 12.1. The maximum Gasteiger partial charge on any atom is 0.273 e. The number of nitrogens with one attached hydrogen (secondary N) is 2. The molecular weight excluding hydrogens is 351 g/mol. The largest absolute Gasteiger partial charge is 0.349 e. The van der Waals surface area contributed by atoms with Crippen LogP contribution < -0.4 is 10.6 Å². The molecule has 0 bridgehead atoms. The fraction of sp³-hybridized carbons (Fsp3) is 0.800. The van der Waals surface area contributed by atoms with Crippen molar-refractivity contribution in [2.24, 2.45) is 0 Å². The second-order valence-corrected chi connectivity index (χ2v) is 5.98. The topological polar surface area (TPSA) is 75.1 Å². The molecule has 1 aliphatic rings. The zero-order chi connectivity index (χ0) is 15.8. The molecule has 0 atom stereocenters. The number of carbonyl (C=O) groups excluding carboxylic acids is 1. The number of amides is 1. The zero-order valence-electron chi connectivity index (χ0n) is 14.5. The Kier molecular flexibility index (Phi) is 12.0. The summed E-state index contributed by atoms with van der Waals surface area (Å²) in [5.74, 6) is -0.135. The van der Waals surface area contributed by atoms with E-state index in [1.165, 1.54) is 12.8 Å². The van der Waals surface area contributed by atoms with Gasteiger partial charge >= 0.3 is 0 Å². The Labute approximate surface area is 156 Å². The average Bonchev–Trinajstić information content (AvgIpc) is 3.04. The van der Waals surface area contributed by atoms with E-state index in [2.05, 4.69) is 39.8 Å². The van der Waals surface area contributed by atoms with Crippen molar-refractivity contribution in [3.63, 3.8) is 0 Å². The molecule has 0 unspecified atom stereocenters. The number of unbranched alkanes of at least 4 members (excludes halogenated alkanes) is 1. The fourth-order valence-electron chi connectivity index (χ4n) is 2.62. The van der Waals surface area contributed by atoms with Crippen LogP contribution in [0.15, 0.2) is 6.20 Å². The van der Waals surface area contributed by atoms with E-state index in [1.807, 2.05) is 4.68 Å². The highest BCUT2D eigenvalue weighted by atomic mass is 35.5. The molecule has 1 aromatic heterocycles. The van der Waals surface area contributed by atoms with Crippen molar-refractivity contribution in [1.29, 1.82) is 0 Å². The van der Waals surface area contributed by atoms with Gasteiger partial charge in [0.15, 0.2) is 5.69 Å². The summed E-state index contributed by atoms with van der Waals surface area (Å²) >= 11 is 0. The Bertz CT molecular complexity index is 465. The van der Waals surface area contributed by atoms with Crippen LogP contribution in [0, 0.1) is 0 Å². The fourth-order valence-corrected chi connectivity index (χ4v) is 2.62. The average molecular weight is 381 g/mol. The molecule has 1 fully saturated rings. The van der Waals surface area contributed by atoms with Gasteiger partial charge in [-0.1, -0.05) is 18.6 Å². The molecule has 1 aliphatic heterocycles. The van der Waals surface area contributed by atoms with E-state index in [9.17, 15) is 4.79 Å². The number of hydrogen-bond acceptors (Lipinski definition) is 5. The van der Waals surface area contributed by atoms with Gasteiger partial charge in [-0.05, 0) is 45.9 Å². The number of rotatable bonds is 8. The summed E-state index contributed by atoms with van der Waals surface area (Å²) in [5, 5.41) is 14.4. The van der Waals surface area contributed by atoms with E-state index in [1.54, 1.807) is 6.20 Å². The van der Waals surface area contributed by atoms with Crippen LogP contribution in [0.3, 0.4) is 0 Å². The standard InChI is InChI=1S/C15H28N6O.2ClH/c1-3-4-10-20(2)11-9-17-15(22)14-12-21(19-18-14)13-5-7-16-8-6-13;;/h12-13,16H,3-11H2,1-2H3,(H,17,22);2*1H. The second-order valence-electron chi connectivity index (χ2n) is 5.98. The lowest BCUT2D eigenvalue weighted by molar-refractivity contribution is 0.0944. The number of hydrogen-bond donors (Lipinski definition) is 2. The third kappa shape index (κ3) is 7.34. The normalized spacial score (nSPS) is 14.8. The van der Waals surface area contributed by atoms with Crippen molar-refractivity contribution in [3.8, 4) is 0 Å². The minimum Gasteiger partial charge on any atom is -0.349 e. The lowest BCUT2D eigenvalue weighted by atomic mass is 10.1. The maximum atomic E-state index is 12.1. The van der Waals surface area contributed by atoms with Crippen LogP contribution >= 0.6 is 24.8 Å². The number of likely N-dealkylation sites (N-methyl/N-ethyl adjacent to an activating group) is 1. The first-order valence-electron chi connectivity index (χ1n) is 8.30. The molecule has 1 saturated heterocycles. The molecule has 0 radical (unpaired) electrons. The molecule has 0 saturated carbocycles. The van der Waals surface area contributed by atoms with Gasteiger partial charge in [-0.25, -0.2) is 4.68 Å². The Morgan fingerprint density at radius 2 is 2.08 bits per heavy atom. The Morgan fingerprint density at radius 3 is 2.75 bits per heavy atom. The van der Waals surface area contributed by atoms with Crippen molar-refractivity contribution < 1.29 is 4.79 Å².